The van der Waals surface area contributed by atoms with Gasteiger partial charge in [0.15, 0.2) is 23.2 Å². The molecule has 0 aromatic heterocycles. The molecule has 1 aromatic rings. The van der Waals surface area contributed by atoms with Crippen molar-refractivity contribution >= 4 is 11.9 Å². The summed E-state index contributed by atoms with van der Waals surface area (Å²) in [6.45, 7) is 8.68. The summed E-state index contributed by atoms with van der Waals surface area (Å²) < 4.78 is 28.5. The minimum absolute atomic E-state index is 0.0415. The standard InChI is InChI=1S/C31H41NO9/c1-5-14-38-25(33)18-31(36,11-6-9-29(2,3)35)28(34)41-27-24(37-4)17-30-10-7-12-32(30)13-8-20-15-22-23(40-19-39-22)16-21(20)26(27)30/h5,15-17,26-27,35-36H,1,6-14,18-19H2,2-4H3/t26-,27?,30-,31-/m1/s1. The van der Waals surface area contributed by atoms with Gasteiger partial charge in [0.1, 0.15) is 12.4 Å². The highest BCUT2D eigenvalue weighted by Crippen LogP contribution is 2.55. The zero-order chi connectivity index (χ0) is 29.4. The Morgan fingerprint density at radius 3 is 2.66 bits per heavy atom. The van der Waals surface area contributed by atoms with Gasteiger partial charge in [-0.15, -0.1) is 0 Å². The minimum atomic E-state index is -2.16. The molecule has 1 aliphatic carbocycles. The van der Waals surface area contributed by atoms with Crippen molar-refractivity contribution in [1.29, 1.82) is 0 Å². The predicted octanol–water partition coefficient (Wildman–Crippen LogP) is 3.14. The minimum Gasteiger partial charge on any atom is -0.497 e. The number of ether oxygens (including phenoxy) is 5. The molecule has 4 atom stereocenters. The molecule has 1 unspecified atom stereocenters. The third kappa shape index (κ3) is 5.69. The van der Waals surface area contributed by atoms with Crippen LogP contribution < -0.4 is 9.47 Å². The van der Waals surface area contributed by atoms with Crippen molar-refractivity contribution in [2.24, 2.45) is 0 Å². The third-order valence-corrected chi connectivity index (χ3v) is 8.76. The molecular formula is C31H41NO9. The normalized spacial score (nSPS) is 26.1. The summed E-state index contributed by atoms with van der Waals surface area (Å²) in [6, 6.07) is 4.00. The molecule has 41 heavy (non-hydrogen) atoms. The molecule has 0 amide bonds. The van der Waals surface area contributed by atoms with Gasteiger partial charge in [0.2, 0.25) is 6.79 Å². The van der Waals surface area contributed by atoms with Gasteiger partial charge in [-0.1, -0.05) is 12.7 Å². The third-order valence-electron chi connectivity index (χ3n) is 8.76. The van der Waals surface area contributed by atoms with E-state index in [1.54, 1.807) is 21.0 Å². The molecule has 1 spiro atoms. The second-order valence-electron chi connectivity index (χ2n) is 12.1. The Morgan fingerprint density at radius 1 is 1.20 bits per heavy atom. The summed E-state index contributed by atoms with van der Waals surface area (Å²) in [6.07, 6.45) is 5.24. The Balaban J connectivity index is 1.49. The maximum Gasteiger partial charge on any atom is 0.339 e. The number of benzene rings is 1. The van der Waals surface area contributed by atoms with Gasteiger partial charge in [-0.05, 0) is 88.3 Å². The van der Waals surface area contributed by atoms with Crippen molar-refractivity contribution in [2.45, 2.75) is 87.6 Å². The number of hydrogen-bond acceptors (Lipinski definition) is 10. The van der Waals surface area contributed by atoms with E-state index < -0.39 is 41.2 Å². The first-order valence-electron chi connectivity index (χ1n) is 14.4. The van der Waals surface area contributed by atoms with E-state index in [4.69, 9.17) is 23.7 Å². The lowest BCUT2D eigenvalue weighted by atomic mass is 9.77. The number of methoxy groups -OCH3 is 1. The van der Waals surface area contributed by atoms with Crippen LogP contribution in [-0.2, 0) is 30.2 Å². The molecule has 10 nitrogen and oxygen atoms in total. The van der Waals surface area contributed by atoms with E-state index in [-0.39, 0.29) is 32.2 Å². The topological polar surface area (TPSA) is 124 Å². The molecule has 2 N–H and O–H groups in total. The molecule has 1 aromatic carbocycles. The fourth-order valence-electron chi connectivity index (χ4n) is 6.84. The number of carbonyl (C=O) groups excluding carboxylic acids is 2. The molecule has 0 saturated carbocycles. The van der Waals surface area contributed by atoms with Crippen LogP contribution in [0.1, 0.15) is 69.4 Å². The van der Waals surface area contributed by atoms with Gasteiger partial charge in [-0.3, -0.25) is 9.69 Å². The van der Waals surface area contributed by atoms with Crippen molar-refractivity contribution < 1.29 is 43.5 Å². The Labute approximate surface area is 240 Å². The summed E-state index contributed by atoms with van der Waals surface area (Å²) in [5.41, 5.74) is -1.50. The van der Waals surface area contributed by atoms with Gasteiger partial charge >= 0.3 is 11.9 Å². The SMILES string of the molecule is C=CCOC(=O)C[C@](O)(CCCC(C)(C)O)C(=O)OC1C(OC)=C[C@@]23CCCN2CCc2cc4c(cc2[C@H]13)OCO4. The van der Waals surface area contributed by atoms with Gasteiger partial charge in [0.05, 0.1) is 30.6 Å². The Morgan fingerprint density at radius 2 is 1.95 bits per heavy atom. The van der Waals surface area contributed by atoms with Gasteiger partial charge in [-0.2, -0.15) is 0 Å². The zero-order valence-corrected chi connectivity index (χ0v) is 24.1. The lowest BCUT2D eigenvalue weighted by molar-refractivity contribution is -0.179. The highest BCUT2D eigenvalue weighted by molar-refractivity contribution is 5.86. The first kappa shape index (κ1) is 29.4. The van der Waals surface area contributed by atoms with Gasteiger partial charge in [0.25, 0.3) is 0 Å². The highest BCUT2D eigenvalue weighted by atomic mass is 16.7. The zero-order valence-electron chi connectivity index (χ0n) is 24.1. The monoisotopic (exact) mass is 571 g/mol. The van der Waals surface area contributed by atoms with E-state index in [9.17, 15) is 19.8 Å². The van der Waals surface area contributed by atoms with Crippen LogP contribution in [0.25, 0.3) is 0 Å². The number of esters is 2. The van der Waals surface area contributed by atoms with Crippen LogP contribution in [-0.4, -0.2) is 83.5 Å². The Hall–Kier alpha value is -3.08. The molecule has 3 aliphatic heterocycles. The molecule has 1 saturated heterocycles. The fourth-order valence-corrected chi connectivity index (χ4v) is 6.84. The maximum atomic E-state index is 13.9. The van der Waals surface area contributed by atoms with Crippen LogP contribution in [0.15, 0.2) is 36.6 Å². The van der Waals surface area contributed by atoms with Crippen molar-refractivity contribution in [3.8, 4) is 11.5 Å². The average Bonchev–Trinajstić information content (AvgIpc) is 3.60. The van der Waals surface area contributed by atoms with Crippen LogP contribution in [0.2, 0.25) is 0 Å². The average molecular weight is 572 g/mol. The van der Waals surface area contributed by atoms with E-state index in [0.717, 1.165) is 43.5 Å². The lowest BCUT2D eigenvalue weighted by Gasteiger charge is -2.39. The van der Waals surface area contributed by atoms with Crippen LogP contribution in [0, 0.1) is 0 Å². The number of aliphatic hydroxyl groups is 2. The summed E-state index contributed by atoms with van der Waals surface area (Å²) in [7, 11) is 1.55. The predicted molar refractivity (Wildman–Crippen MR) is 148 cm³/mol. The largest absolute Gasteiger partial charge is 0.497 e. The summed E-state index contributed by atoms with van der Waals surface area (Å²) in [4.78, 5) is 28.9. The van der Waals surface area contributed by atoms with Crippen molar-refractivity contribution in [3.63, 3.8) is 0 Å². The van der Waals surface area contributed by atoms with Crippen molar-refractivity contribution in [1.82, 2.24) is 4.90 Å². The highest BCUT2D eigenvalue weighted by Gasteiger charge is 2.59. The van der Waals surface area contributed by atoms with E-state index in [1.165, 1.54) is 6.08 Å². The molecule has 5 rings (SSSR count). The number of hydrogen-bond donors (Lipinski definition) is 2. The second-order valence-corrected chi connectivity index (χ2v) is 12.1. The van der Waals surface area contributed by atoms with Crippen molar-refractivity contribution in [3.05, 3.63) is 47.7 Å². The fraction of sp³-hybridized carbons (Fsp3) is 0.613. The second kappa shape index (κ2) is 11.3. The summed E-state index contributed by atoms with van der Waals surface area (Å²) >= 11 is 0. The molecule has 1 fully saturated rings. The first-order chi connectivity index (χ1) is 19.5. The maximum absolute atomic E-state index is 13.9. The van der Waals surface area contributed by atoms with E-state index in [1.807, 2.05) is 12.1 Å². The van der Waals surface area contributed by atoms with Crippen molar-refractivity contribution in [2.75, 3.05) is 33.6 Å². The lowest BCUT2D eigenvalue weighted by Crippen LogP contribution is -2.49. The Bertz CT molecular complexity index is 1220. The van der Waals surface area contributed by atoms with E-state index in [0.29, 0.717) is 23.7 Å². The van der Waals surface area contributed by atoms with Crippen LogP contribution in [0.3, 0.4) is 0 Å². The van der Waals surface area contributed by atoms with Gasteiger partial charge < -0.3 is 33.9 Å². The quantitative estimate of drug-likeness (QED) is 0.302. The van der Waals surface area contributed by atoms with Crippen LogP contribution in [0.5, 0.6) is 11.5 Å². The van der Waals surface area contributed by atoms with Crippen LogP contribution in [0.4, 0.5) is 0 Å². The van der Waals surface area contributed by atoms with Gasteiger partial charge in [-0.25, -0.2) is 4.79 Å². The smallest absolute Gasteiger partial charge is 0.339 e. The molecule has 10 heteroatoms. The Kier molecular flexibility index (Phi) is 8.11. The van der Waals surface area contributed by atoms with E-state index >= 15 is 0 Å². The molecule has 4 aliphatic rings. The van der Waals surface area contributed by atoms with Gasteiger partial charge in [0, 0.05) is 6.54 Å². The molecule has 0 radical (unpaired) electrons. The molecule has 0 bridgehead atoms. The molecule has 3 heterocycles. The van der Waals surface area contributed by atoms with Crippen LogP contribution >= 0.6 is 0 Å². The molecule has 224 valence electrons. The number of nitrogens with zero attached hydrogens (tertiary/aromatic N) is 1. The first-order valence-corrected chi connectivity index (χ1v) is 14.4. The number of rotatable bonds is 11. The molecular weight excluding hydrogens is 530 g/mol. The summed E-state index contributed by atoms with van der Waals surface area (Å²) in [5, 5.41) is 21.8. The number of fused-ring (bicyclic) bond motifs is 3. The summed E-state index contributed by atoms with van der Waals surface area (Å²) in [5.74, 6) is -0.129. The number of carbonyl (C=O) groups is 2. The van der Waals surface area contributed by atoms with E-state index in [2.05, 4.69) is 17.6 Å².